The van der Waals surface area contributed by atoms with Crippen molar-refractivity contribution in [3.63, 3.8) is 0 Å². The van der Waals surface area contributed by atoms with E-state index < -0.39 is 11.5 Å². The fourth-order valence-electron chi connectivity index (χ4n) is 2.63. The Morgan fingerprint density at radius 1 is 1.30 bits per heavy atom. The summed E-state index contributed by atoms with van der Waals surface area (Å²) < 4.78 is 0. The molecule has 0 saturated carbocycles. The Labute approximate surface area is 121 Å². The Bertz CT molecular complexity index is 345. The van der Waals surface area contributed by atoms with E-state index in [0.29, 0.717) is 19.5 Å². The van der Waals surface area contributed by atoms with Gasteiger partial charge in [-0.2, -0.15) is 0 Å². The molecule has 0 spiro atoms. The van der Waals surface area contributed by atoms with Gasteiger partial charge >= 0.3 is 12.0 Å². The zero-order chi connectivity index (χ0) is 15.2. The van der Waals surface area contributed by atoms with Crippen LogP contribution in [0, 0.1) is 0 Å². The van der Waals surface area contributed by atoms with Gasteiger partial charge in [0.2, 0.25) is 0 Å². The summed E-state index contributed by atoms with van der Waals surface area (Å²) in [5.41, 5.74) is -1.07. The lowest BCUT2D eigenvalue weighted by Gasteiger charge is -2.41. The van der Waals surface area contributed by atoms with Gasteiger partial charge in [-0.1, -0.05) is 13.8 Å². The third kappa shape index (κ3) is 3.85. The highest BCUT2D eigenvalue weighted by Gasteiger charge is 2.43. The van der Waals surface area contributed by atoms with E-state index in [1.807, 2.05) is 0 Å². The van der Waals surface area contributed by atoms with E-state index in [0.717, 1.165) is 32.5 Å². The molecule has 6 heteroatoms. The minimum Gasteiger partial charge on any atom is -0.480 e. The molecule has 1 unspecified atom stereocenters. The van der Waals surface area contributed by atoms with Gasteiger partial charge in [-0.25, -0.2) is 9.59 Å². The molecular weight excluding hydrogens is 258 g/mol. The molecule has 2 amide bonds. The van der Waals surface area contributed by atoms with Crippen molar-refractivity contribution in [2.24, 2.45) is 0 Å². The van der Waals surface area contributed by atoms with Crippen LogP contribution in [0.1, 0.15) is 40.0 Å². The standard InChI is InChI=1S/C14H27N3O3/c1-4-16(5-2)11-9-15-13(20)17-10-7-6-8-14(17,3)12(18)19/h4-11H2,1-3H3,(H,15,20)(H,18,19). The normalized spacial score (nSPS) is 22.9. The van der Waals surface area contributed by atoms with Crippen LogP contribution in [-0.4, -0.2) is 65.2 Å². The van der Waals surface area contributed by atoms with Gasteiger partial charge in [-0.15, -0.1) is 0 Å². The van der Waals surface area contributed by atoms with Crippen LogP contribution in [0.5, 0.6) is 0 Å². The lowest BCUT2D eigenvalue weighted by Crippen LogP contribution is -2.60. The van der Waals surface area contributed by atoms with Gasteiger partial charge in [0.1, 0.15) is 5.54 Å². The monoisotopic (exact) mass is 285 g/mol. The third-order valence-electron chi connectivity index (χ3n) is 4.20. The predicted molar refractivity (Wildman–Crippen MR) is 77.8 cm³/mol. The molecule has 116 valence electrons. The van der Waals surface area contributed by atoms with E-state index in [1.165, 1.54) is 4.90 Å². The summed E-state index contributed by atoms with van der Waals surface area (Å²) in [5, 5.41) is 12.2. The van der Waals surface area contributed by atoms with Crippen LogP contribution in [0.4, 0.5) is 4.79 Å². The van der Waals surface area contributed by atoms with Crippen LogP contribution in [0.25, 0.3) is 0 Å². The number of carbonyl (C=O) groups is 2. The van der Waals surface area contributed by atoms with Gasteiger partial charge in [0, 0.05) is 19.6 Å². The van der Waals surface area contributed by atoms with E-state index in [4.69, 9.17) is 0 Å². The summed E-state index contributed by atoms with van der Waals surface area (Å²) in [4.78, 5) is 27.3. The minimum atomic E-state index is -1.07. The quantitative estimate of drug-likeness (QED) is 0.773. The molecule has 6 nitrogen and oxygen atoms in total. The summed E-state index contributed by atoms with van der Waals surface area (Å²) in [6.07, 6.45) is 2.24. The number of rotatable bonds is 6. The van der Waals surface area contributed by atoms with Crippen molar-refractivity contribution in [3.8, 4) is 0 Å². The van der Waals surface area contributed by atoms with Crippen molar-refractivity contribution in [2.75, 3.05) is 32.7 Å². The number of aliphatic carboxylic acids is 1. The molecule has 1 atom stereocenters. The average Bonchev–Trinajstić information content (AvgIpc) is 2.43. The first-order chi connectivity index (χ1) is 9.45. The molecule has 1 rings (SSSR count). The van der Waals surface area contributed by atoms with Crippen molar-refractivity contribution in [2.45, 2.75) is 45.6 Å². The van der Waals surface area contributed by atoms with Crippen molar-refractivity contribution in [1.29, 1.82) is 0 Å². The predicted octanol–water partition coefficient (Wildman–Crippen LogP) is 1.37. The number of hydrogen-bond acceptors (Lipinski definition) is 3. The van der Waals surface area contributed by atoms with Crippen molar-refractivity contribution in [1.82, 2.24) is 15.1 Å². The van der Waals surface area contributed by atoms with Gasteiger partial charge in [0.25, 0.3) is 0 Å². The van der Waals surface area contributed by atoms with Gasteiger partial charge < -0.3 is 20.2 Å². The van der Waals surface area contributed by atoms with Crippen molar-refractivity contribution in [3.05, 3.63) is 0 Å². The van der Waals surface area contributed by atoms with Crippen LogP contribution in [-0.2, 0) is 4.79 Å². The van der Waals surface area contributed by atoms with Gasteiger partial charge in [-0.3, -0.25) is 0 Å². The zero-order valence-corrected chi connectivity index (χ0v) is 12.8. The number of carboxylic acid groups (broad SMARTS) is 1. The van der Waals surface area contributed by atoms with E-state index in [-0.39, 0.29) is 6.03 Å². The Morgan fingerprint density at radius 3 is 2.50 bits per heavy atom. The highest BCUT2D eigenvalue weighted by atomic mass is 16.4. The molecule has 0 aromatic rings. The second-order valence-corrected chi connectivity index (χ2v) is 5.45. The third-order valence-corrected chi connectivity index (χ3v) is 4.20. The first-order valence-electron chi connectivity index (χ1n) is 7.47. The fraction of sp³-hybridized carbons (Fsp3) is 0.857. The summed E-state index contributed by atoms with van der Waals surface area (Å²) >= 11 is 0. The molecule has 2 N–H and O–H groups in total. The first kappa shape index (κ1) is 16.8. The van der Waals surface area contributed by atoms with Crippen LogP contribution >= 0.6 is 0 Å². The number of urea groups is 1. The number of carboxylic acids is 1. The highest BCUT2D eigenvalue weighted by molar-refractivity contribution is 5.86. The van der Waals surface area contributed by atoms with Crippen LogP contribution < -0.4 is 5.32 Å². The molecule has 1 aliphatic heterocycles. The minimum absolute atomic E-state index is 0.262. The van der Waals surface area contributed by atoms with Gasteiger partial charge in [0.05, 0.1) is 0 Å². The molecule has 1 aliphatic rings. The van der Waals surface area contributed by atoms with Crippen LogP contribution in [0.2, 0.25) is 0 Å². The van der Waals surface area contributed by atoms with E-state index in [9.17, 15) is 14.7 Å². The molecule has 0 aliphatic carbocycles. The molecule has 0 aromatic heterocycles. The summed E-state index contributed by atoms with van der Waals surface area (Å²) in [7, 11) is 0. The van der Waals surface area contributed by atoms with Crippen molar-refractivity contribution >= 4 is 12.0 Å². The van der Waals surface area contributed by atoms with Crippen molar-refractivity contribution < 1.29 is 14.7 Å². The Balaban J connectivity index is 2.54. The number of amides is 2. The van der Waals surface area contributed by atoms with Gasteiger partial charge in [-0.05, 0) is 39.3 Å². The van der Waals surface area contributed by atoms with E-state index in [1.54, 1.807) is 6.92 Å². The first-order valence-corrected chi connectivity index (χ1v) is 7.47. The molecule has 20 heavy (non-hydrogen) atoms. The Kier molecular flexibility index (Phi) is 6.26. The van der Waals surface area contributed by atoms with Crippen LogP contribution in [0.15, 0.2) is 0 Å². The Hall–Kier alpha value is -1.30. The molecular formula is C14H27N3O3. The zero-order valence-electron chi connectivity index (χ0n) is 12.8. The number of carbonyl (C=O) groups excluding carboxylic acids is 1. The Morgan fingerprint density at radius 2 is 1.95 bits per heavy atom. The molecule has 1 saturated heterocycles. The SMILES string of the molecule is CCN(CC)CCNC(=O)N1CCCCC1(C)C(=O)O. The molecule has 1 heterocycles. The number of hydrogen-bond donors (Lipinski definition) is 2. The molecule has 0 bridgehead atoms. The van der Waals surface area contributed by atoms with E-state index >= 15 is 0 Å². The number of piperidine rings is 1. The second-order valence-electron chi connectivity index (χ2n) is 5.45. The number of likely N-dealkylation sites (N-methyl/N-ethyl adjacent to an activating group) is 1. The maximum atomic E-state index is 12.2. The van der Waals surface area contributed by atoms with Gasteiger partial charge in [0.15, 0.2) is 0 Å². The molecule has 1 fully saturated rings. The lowest BCUT2D eigenvalue weighted by atomic mass is 9.89. The summed E-state index contributed by atoms with van der Waals surface area (Å²) in [5.74, 6) is -0.920. The molecule has 0 radical (unpaired) electrons. The maximum absolute atomic E-state index is 12.2. The topological polar surface area (TPSA) is 72.9 Å². The summed E-state index contributed by atoms with van der Waals surface area (Å²) in [6.45, 7) is 9.54. The average molecular weight is 285 g/mol. The summed E-state index contributed by atoms with van der Waals surface area (Å²) in [6, 6.07) is -0.262. The number of nitrogens with zero attached hydrogens (tertiary/aromatic N) is 2. The maximum Gasteiger partial charge on any atom is 0.329 e. The largest absolute Gasteiger partial charge is 0.480 e. The second kappa shape index (κ2) is 7.47. The van der Waals surface area contributed by atoms with E-state index in [2.05, 4.69) is 24.1 Å². The highest BCUT2D eigenvalue weighted by Crippen LogP contribution is 2.28. The smallest absolute Gasteiger partial charge is 0.329 e. The molecule has 0 aromatic carbocycles. The number of likely N-dealkylation sites (tertiary alicyclic amines) is 1. The van der Waals surface area contributed by atoms with Crippen LogP contribution in [0.3, 0.4) is 0 Å². The lowest BCUT2D eigenvalue weighted by molar-refractivity contribution is -0.150. The number of nitrogens with one attached hydrogen (secondary N) is 1. The fourth-order valence-corrected chi connectivity index (χ4v) is 2.63.